The van der Waals surface area contributed by atoms with Crippen LogP contribution < -0.4 is 21.6 Å². The number of nitrogens with two attached hydrogens (primary N) is 1. The Bertz CT molecular complexity index is 619. The first-order valence-electron chi connectivity index (χ1n) is 9.58. The fraction of sp³-hybridized carbons (Fsp3) is 0.250. The quantitative estimate of drug-likeness (QED) is 0.284. The third-order valence-electron chi connectivity index (χ3n) is 4.13. The molecule has 3 aromatic rings. The summed E-state index contributed by atoms with van der Waals surface area (Å²) in [7, 11) is -0.446. The summed E-state index contributed by atoms with van der Waals surface area (Å²) in [5, 5.41) is 5.33. The van der Waals surface area contributed by atoms with Gasteiger partial charge >= 0.3 is 0 Å². The molecule has 0 aliphatic rings. The van der Waals surface area contributed by atoms with Crippen molar-refractivity contribution in [2.45, 2.75) is 25.7 Å². The average molecular weight is 442 g/mol. The van der Waals surface area contributed by atoms with E-state index in [4.69, 9.17) is 5.73 Å². The second-order valence-corrected chi connectivity index (χ2v) is 9.25. The van der Waals surface area contributed by atoms with E-state index in [2.05, 4.69) is 107 Å². The molecule has 0 heterocycles. The van der Waals surface area contributed by atoms with Gasteiger partial charge in [0.1, 0.15) is 0 Å². The number of rotatable bonds is 8. The fourth-order valence-electron chi connectivity index (χ4n) is 2.77. The van der Waals surface area contributed by atoms with Gasteiger partial charge in [-0.15, -0.1) is 0 Å². The Morgan fingerprint density at radius 3 is 1.26 bits per heavy atom. The van der Waals surface area contributed by atoms with E-state index in [1.165, 1.54) is 41.6 Å². The van der Waals surface area contributed by atoms with Crippen molar-refractivity contribution >= 4 is 39.8 Å². The molecular formula is C24H29BrNP. The summed E-state index contributed by atoms with van der Waals surface area (Å²) in [4.78, 5) is 0. The average Bonchev–Trinajstić information content (AvgIpc) is 2.74. The molecule has 1 nitrogen and oxygen atoms in total. The number of hydrogen-bond acceptors (Lipinski definition) is 1. The van der Waals surface area contributed by atoms with Crippen LogP contribution in [-0.4, -0.2) is 11.9 Å². The zero-order chi connectivity index (χ0) is 19.2. The predicted molar refractivity (Wildman–Crippen MR) is 126 cm³/mol. The van der Waals surface area contributed by atoms with Gasteiger partial charge in [0.05, 0.1) is 0 Å². The van der Waals surface area contributed by atoms with Crippen LogP contribution in [0, 0.1) is 0 Å². The number of unbranched alkanes of at least 4 members (excludes halogenated alkanes) is 3. The minimum Gasteiger partial charge on any atom is -0.330 e. The third kappa shape index (κ3) is 7.97. The molecule has 142 valence electrons. The molecule has 0 aliphatic heterocycles. The standard InChI is InChI=1S/C18H15P.C6H14BrN/c1-4-10-16(11-5-1)19(17-12-6-2-7-13-17)18-14-8-3-9-15-18;7-5-3-1-2-4-6-8/h1-15H;1-6,8H2. The van der Waals surface area contributed by atoms with E-state index in [1.807, 2.05) is 0 Å². The van der Waals surface area contributed by atoms with Gasteiger partial charge in [-0.2, -0.15) is 0 Å². The highest BCUT2D eigenvalue weighted by Crippen LogP contribution is 2.32. The number of hydrogen-bond donors (Lipinski definition) is 1. The zero-order valence-electron chi connectivity index (χ0n) is 15.8. The predicted octanol–water partition coefficient (Wildman–Crippen LogP) is 5.35. The van der Waals surface area contributed by atoms with Crippen molar-refractivity contribution in [2.24, 2.45) is 5.73 Å². The third-order valence-corrected chi connectivity index (χ3v) is 7.14. The lowest BCUT2D eigenvalue weighted by atomic mass is 10.2. The summed E-state index contributed by atoms with van der Waals surface area (Å²) in [6.45, 7) is 0.849. The highest BCUT2D eigenvalue weighted by Gasteiger charge is 2.14. The van der Waals surface area contributed by atoms with Crippen LogP contribution in [0.3, 0.4) is 0 Å². The van der Waals surface area contributed by atoms with Crippen LogP contribution in [0.2, 0.25) is 0 Å². The van der Waals surface area contributed by atoms with Gasteiger partial charge in [-0.05, 0) is 43.2 Å². The van der Waals surface area contributed by atoms with Crippen LogP contribution >= 0.6 is 23.9 Å². The summed E-state index contributed by atoms with van der Waals surface area (Å²) in [6, 6.07) is 32.3. The molecule has 2 N–H and O–H groups in total. The molecule has 0 unspecified atom stereocenters. The smallest absolute Gasteiger partial charge is 0.00313 e. The van der Waals surface area contributed by atoms with Gasteiger partial charge in [0.25, 0.3) is 0 Å². The lowest BCUT2D eigenvalue weighted by Gasteiger charge is -2.18. The van der Waals surface area contributed by atoms with Crippen LogP contribution in [0.5, 0.6) is 0 Å². The molecule has 0 aromatic heterocycles. The summed E-state index contributed by atoms with van der Waals surface area (Å²) >= 11 is 3.37. The van der Waals surface area contributed by atoms with E-state index in [1.54, 1.807) is 0 Å². The first-order chi connectivity index (χ1) is 13.4. The molecule has 0 saturated heterocycles. The molecule has 0 saturated carbocycles. The van der Waals surface area contributed by atoms with E-state index in [0.717, 1.165) is 11.9 Å². The van der Waals surface area contributed by atoms with Gasteiger partial charge in [-0.3, -0.25) is 0 Å². The summed E-state index contributed by atoms with van der Waals surface area (Å²) in [5.74, 6) is 0. The Morgan fingerprint density at radius 2 is 0.926 bits per heavy atom. The molecule has 3 rings (SSSR count). The van der Waals surface area contributed by atoms with Crippen LogP contribution in [-0.2, 0) is 0 Å². The Kier molecular flexibility index (Phi) is 11.0. The first kappa shape index (κ1) is 21.8. The molecule has 0 atom stereocenters. The molecule has 27 heavy (non-hydrogen) atoms. The largest absolute Gasteiger partial charge is 0.330 e. The monoisotopic (exact) mass is 441 g/mol. The van der Waals surface area contributed by atoms with Gasteiger partial charge in [0.15, 0.2) is 0 Å². The molecule has 0 spiro atoms. The molecule has 3 aromatic carbocycles. The zero-order valence-corrected chi connectivity index (χ0v) is 18.3. The lowest BCUT2D eigenvalue weighted by Crippen LogP contribution is -2.20. The maximum Gasteiger partial charge on any atom is 0.00313 e. The molecular weight excluding hydrogens is 413 g/mol. The highest BCUT2D eigenvalue weighted by molar-refractivity contribution is 9.09. The Hall–Kier alpha value is -1.47. The van der Waals surface area contributed by atoms with E-state index in [9.17, 15) is 0 Å². The number of benzene rings is 3. The van der Waals surface area contributed by atoms with Crippen LogP contribution in [0.15, 0.2) is 91.0 Å². The van der Waals surface area contributed by atoms with Crippen molar-refractivity contribution in [2.75, 3.05) is 11.9 Å². The second-order valence-electron chi connectivity index (χ2n) is 6.23. The Morgan fingerprint density at radius 1 is 0.556 bits per heavy atom. The molecule has 0 aliphatic carbocycles. The van der Waals surface area contributed by atoms with E-state index in [-0.39, 0.29) is 0 Å². The fourth-order valence-corrected chi connectivity index (χ4v) is 5.47. The van der Waals surface area contributed by atoms with E-state index < -0.39 is 7.92 Å². The molecule has 3 heteroatoms. The maximum atomic E-state index is 5.30. The lowest BCUT2D eigenvalue weighted by molar-refractivity contribution is 0.679. The summed E-state index contributed by atoms with van der Waals surface area (Å²) in [6.07, 6.45) is 5.09. The first-order valence-corrected chi connectivity index (χ1v) is 12.0. The number of alkyl halides is 1. The highest BCUT2D eigenvalue weighted by atomic mass is 79.9. The maximum absolute atomic E-state index is 5.30. The van der Waals surface area contributed by atoms with Gasteiger partial charge in [0.2, 0.25) is 0 Å². The van der Waals surface area contributed by atoms with E-state index in [0.29, 0.717) is 0 Å². The van der Waals surface area contributed by atoms with Crippen molar-refractivity contribution in [1.29, 1.82) is 0 Å². The van der Waals surface area contributed by atoms with Gasteiger partial charge < -0.3 is 5.73 Å². The van der Waals surface area contributed by atoms with Gasteiger partial charge in [-0.25, -0.2) is 0 Å². The molecule has 0 fully saturated rings. The SMILES string of the molecule is NCCCCCCBr.c1ccc(P(c2ccccc2)c2ccccc2)cc1. The minimum atomic E-state index is -0.446. The molecule has 0 amide bonds. The molecule has 0 radical (unpaired) electrons. The summed E-state index contributed by atoms with van der Waals surface area (Å²) in [5.41, 5.74) is 5.30. The van der Waals surface area contributed by atoms with Gasteiger partial charge in [0, 0.05) is 5.33 Å². The Balaban J connectivity index is 0.000000279. The van der Waals surface area contributed by atoms with Gasteiger partial charge in [-0.1, -0.05) is 120 Å². The van der Waals surface area contributed by atoms with Crippen molar-refractivity contribution in [3.63, 3.8) is 0 Å². The minimum absolute atomic E-state index is 0.446. The normalized spacial score (nSPS) is 10.3. The van der Waals surface area contributed by atoms with Crippen molar-refractivity contribution < 1.29 is 0 Å². The van der Waals surface area contributed by atoms with Crippen molar-refractivity contribution in [3.8, 4) is 0 Å². The van der Waals surface area contributed by atoms with Crippen LogP contribution in [0.25, 0.3) is 0 Å². The Labute approximate surface area is 173 Å². The second kappa shape index (κ2) is 13.7. The van der Waals surface area contributed by atoms with Crippen molar-refractivity contribution in [3.05, 3.63) is 91.0 Å². The van der Waals surface area contributed by atoms with Crippen LogP contribution in [0.4, 0.5) is 0 Å². The molecule has 0 bridgehead atoms. The van der Waals surface area contributed by atoms with Crippen LogP contribution in [0.1, 0.15) is 25.7 Å². The topological polar surface area (TPSA) is 26.0 Å². The summed E-state index contributed by atoms with van der Waals surface area (Å²) < 4.78 is 0. The van der Waals surface area contributed by atoms with Crippen molar-refractivity contribution in [1.82, 2.24) is 0 Å². The number of halogens is 1. The van der Waals surface area contributed by atoms with E-state index >= 15 is 0 Å².